The molecule has 2 rings (SSSR count). The van der Waals surface area contributed by atoms with Crippen molar-refractivity contribution in [3.63, 3.8) is 0 Å². The highest BCUT2D eigenvalue weighted by Crippen LogP contribution is 2.21. The highest BCUT2D eigenvalue weighted by molar-refractivity contribution is 9.08. The van der Waals surface area contributed by atoms with Gasteiger partial charge in [0.05, 0.1) is 17.5 Å². The quantitative estimate of drug-likeness (QED) is 0.741. The largest absolute Gasteiger partial charge is 0.472 e. The number of aromatic nitrogens is 1. The third-order valence-corrected chi connectivity index (χ3v) is 2.08. The van der Waals surface area contributed by atoms with Gasteiger partial charge in [-0.1, -0.05) is 21.1 Å². The van der Waals surface area contributed by atoms with Crippen LogP contribution < -0.4 is 0 Å². The SMILES string of the molecule is BrCc1cc(-c2ccoc2)on1. The van der Waals surface area contributed by atoms with E-state index >= 15 is 0 Å². The number of furan rings is 1. The van der Waals surface area contributed by atoms with E-state index in [2.05, 4.69) is 21.1 Å². The zero-order valence-corrected chi connectivity index (χ0v) is 7.74. The topological polar surface area (TPSA) is 39.2 Å². The molecule has 0 saturated heterocycles. The van der Waals surface area contributed by atoms with Crippen molar-refractivity contribution >= 4 is 15.9 Å². The van der Waals surface area contributed by atoms with Gasteiger partial charge in [0.1, 0.15) is 6.26 Å². The summed E-state index contributed by atoms with van der Waals surface area (Å²) in [6, 6.07) is 3.71. The Balaban J connectivity index is 2.35. The molecule has 0 aliphatic rings. The Kier molecular flexibility index (Phi) is 1.99. The molecule has 0 amide bonds. The molecule has 0 bridgehead atoms. The van der Waals surface area contributed by atoms with Crippen LogP contribution in [0.15, 0.2) is 33.6 Å². The van der Waals surface area contributed by atoms with Crippen LogP contribution in [-0.4, -0.2) is 5.16 Å². The molecular weight excluding hydrogens is 222 g/mol. The van der Waals surface area contributed by atoms with Crippen LogP contribution >= 0.6 is 15.9 Å². The van der Waals surface area contributed by atoms with Crippen molar-refractivity contribution in [2.75, 3.05) is 0 Å². The second-order valence-corrected chi connectivity index (χ2v) is 2.89. The van der Waals surface area contributed by atoms with Crippen molar-refractivity contribution in [3.05, 3.63) is 30.4 Å². The minimum absolute atomic E-state index is 0.703. The van der Waals surface area contributed by atoms with E-state index in [9.17, 15) is 0 Å². The maximum absolute atomic E-state index is 5.06. The van der Waals surface area contributed by atoms with Gasteiger partial charge in [0.15, 0.2) is 5.76 Å². The average molecular weight is 228 g/mol. The lowest BCUT2D eigenvalue weighted by Gasteiger charge is -1.81. The van der Waals surface area contributed by atoms with Gasteiger partial charge < -0.3 is 8.94 Å². The number of rotatable bonds is 2. The van der Waals surface area contributed by atoms with Crippen molar-refractivity contribution < 1.29 is 8.94 Å². The number of halogens is 1. The number of nitrogens with zero attached hydrogens (tertiary/aromatic N) is 1. The van der Waals surface area contributed by atoms with Crippen LogP contribution in [0.5, 0.6) is 0 Å². The van der Waals surface area contributed by atoms with Gasteiger partial charge in [-0.3, -0.25) is 0 Å². The first-order valence-corrected chi connectivity index (χ1v) is 4.56. The molecule has 0 unspecified atom stereocenters. The van der Waals surface area contributed by atoms with Crippen LogP contribution in [0.1, 0.15) is 5.69 Å². The fraction of sp³-hybridized carbons (Fsp3) is 0.125. The zero-order chi connectivity index (χ0) is 8.39. The lowest BCUT2D eigenvalue weighted by Crippen LogP contribution is -1.70. The van der Waals surface area contributed by atoms with E-state index in [-0.39, 0.29) is 0 Å². The normalized spacial score (nSPS) is 10.4. The molecule has 12 heavy (non-hydrogen) atoms. The first-order chi connectivity index (χ1) is 5.90. The molecule has 0 spiro atoms. The summed E-state index contributed by atoms with van der Waals surface area (Å²) >= 11 is 3.29. The first kappa shape index (κ1) is 7.61. The molecule has 0 aromatic carbocycles. The van der Waals surface area contributed by atoms with Crippen LogP contribution in [0.4, 0.5) is 0 Å². The summed E-state index contributed by atoms with van der Waals surface area (Å²) < 4.78 is 9.97. The lowest BCUT2D eigenvalue weighted by atomic mass is 10.2. The minimum atomic E-state index is 0.703. The van der Waals surface area contributed by atoms with Crippen molar-refractivity contribution in [1.29, 1.82) is 0 Å². The van der Waals surface area contributed by atoms with Gasteiger partial charge in [-0.05, 0) is 6.07 Å². The minimum Gasteiger partial charge on any atom is -0.472 e. The summed E-state index contributed by atoms with van der Waals surface area (Å²) in [4.78, 5) is 0. The van der Waals surface area contributed by atoms with Crippen molar-refractivity contribution in [1.82, 2.24) is 5.16 Å². The van der Waals surface area contributed by atoms with E-state index in [1.807, 2.05) is 12.1 Å². The molecule has 2 aromatic rings. The van der Waals surface area contributed by atoms with E-state index in [4.69, 9.17) is 8.94 Å². The summed E-state index contributed by atoms with van der Waals surface area (Å²) in [6.45, 7) is 0. The van der Waals surface area contributed by atoms with Crippen LogP contribution in [-0.2, 0) is 5.33 Å². The molecular formula is C8H6BrNO2. The lowest BCUT2D eigenvalue weighted by molar-refractivity contribution is 0.426. The highest BCUT2D eigenvalue weighted by Gasteiger charge is 2.05. The molecule has 0 atom stereocenters. The predicted octanol–water partition coefficient (Wildman–Crippen LogP) is 2.83. The molecule has 2 aromatic heterocycles. The molecule has 0 aliphatic carbocycles. The Morgan fingerprint density at radius 2 is 2.42 bits per heavy atom. The summed E-state index contributed by atoms with van der Waals surface area (Å²) in [7, 11) is 0. The molecule has 4 heteroatoms. The highest BCUT2D eigenvalue weighted by atomic mass is 79.9. The van der Waals surface area contributed by atoms with E-state index in [0.717, 1.165) is 17.0 Å². The van der Waals surface area contributed by atoms with Gasteiger partial charge in [-0.25, -0.2) is 0 Å². The van der Waals surface area contributed by atoms with Gasteiger partial charge in [0.25, 0.3) is 0 Å². The van der Waals surface area contributed by atoms with Crippen LogP contribution in [0.25, 0.3) is 11.3 Å². The first-order valence-electron chi connectivity index (χ1n) is 3.44. The average Bonchev–Trinajstić information content (AvgIpc) is 2.75. The molecule has 0 aliphatic heterocycles. The van der Waals surface area contributed by atoms with Crippen molar-refractivity contribution in [3.8, 4) is 11.3 Å². The molecule has 0 saturated carbocycles. The molecule has 0 N–H and O–H groups in total. The van der Waals surface area contributed by atoms with E-state index < -0.39 is 0 Å². The molecule has 0 radical (unpaired) electrons. The Labute approximate surface area is 77.5 Å². The van der Waals surface area contributed by atoms with Crippen molar-refractivity contribution in [2.45, 2.75) is 5.33 Å². The predicted molar refractivity (Wildman–Crippen MR) is 46.8 cm³/mol. The summed E-state index contributed by atoms with van der Waals surface area (Å²) in [5.74, 6) is 0.734. The standard InChI is InChI=1S/C8H6BrNO2/c9-4-7-3-8(12-10-7)6-1-2-11-5-6/h1-3,5H,4H2. The molecule has 0 fully saturated rings. The van der Waals surface area contributed by atoms with Gasteiger partial charge in [-0.2, -0.15) is 0 Å². The Hall–Kier alpha value is -1.03. The maximum atomic E-state index is 5.06. The molecule has 2 heterocycles. The van der Waals surface area contributed by atoms with Crippen LogP contribution in [0.2, 0.25) is 0 Å². The van der Waals surface area contributed by atoms with Gasteiger partial charge in [-0.15, -0.1) is 0 Å². The third-order valence-electron chi connectivity index (χ3n) is 1.50. The smallest absolute Gasteiger partial charge is 0.170 e. The van der Waals surface area contributed by atoms with Crippen LogP contribution in [0, 0.1) is 0 Å². The maximum Gasteiger partial charge on any atom is 0.170 e. The van der Waals surface area contributed by atoms with Gasteiger partial charge in [0.2, 0.25) is 0 Å². The van der Waals surface area contributed by atoms with Gasteiger partial charge >= 0.3 is 0 Å². The van der Waals surface area contributed by atoms with Crippen molar-refractivity contribution in [2.24, 2.45) is 0 Å². The Morgan fingerprint density at radius 3 is 3.00 bits per heavy atom. The number of hydrogen-bond acceptors (Lipinski definition) is 3. The Bertz CT molecular complexity index is 353. The molecule has 3 nitrogen and oxygen atoms in total. The number of alkyl halides is 1. The van der Waals surface area contributed by atoms with Crippen LogP contribution in [0.3, 0.4) is 0 Å². The van der Waals surface area contributed by atoms with E-state index in [1.165, 1.54) is 0 Å². The van der Waals surface area contributed by atoms with E-state index in [0.29, 0.717) is 5.33 Å². The fourth-order valence-electron chi connectivity index (χ4n) is 0.916. The molecule has 62 valence electrons. The summed E-state index contributed by atoms with van der Waals surface area (Å²) in [6.07, 6.45) is 3.23. The van der Waals surface area contributed by atoms with Gasteiger partial charge in [0, 0.05) is 11.4 Å². The third kappa shape index (κ3) is 1.30. The Morgan fingerprint density at radius 1 is 1.50 bits per heavy atom. The van der Waals surface area contributed by atoms with E-state index in [1.54, 1.807) is 12.5 Å². The summed E-state index contributed by atoms with van der Waals surface area (Å²) in [5, 5.41) is 4.53. The number of hydrogen-bond donors (Lipinski definition) is 0. The second-order valence-electron chi connectivity index (χ2n) is 2.33. The second kappa shape index (κ2) is 3.15. The monoisotopic (exact) mass is 227 g/mol. The zero-order valence-electron chi connectivity index (χ0n) is 6.16. The summed E-state index contributed by atoms with van der Waals surface area (Å²) in [5.41, 5.74) is 1.79. The fourth-order valence-corrected chi connectivity index (χ4v) is 1.18.